The van der Waals surface area contributed by atoms with Gasteiger partial charge in [0.15, 0.2) is 5.78 Å². The van der Waals surface area contributed by atoms with Crippen LogP contribution in [0.2, 0.25) is 0 Å². The smallest absolute Gasteiger partial charge is 0.246 e. The van der Waals surface area contributed by atoms with E-state index in [1.807, 2.05) is 38.0 Å². The molecule has 2 aromatic rings. The summed E-state index contributed by atoms with van der Waals surface area (Å²) in [5, 5.41) is 15.7. The van der Waals surface area contributed by atoms with Crippen molar-refractivity contribution in [2.75, 3.05) is 34.3 Å². The minimum atomic E-state index is -0.844. The molecule has 2 heterocycles. The summed E-state index contributed by atoms with van der Waals surface area (Å²) in [4.78, 5) is 65.0. The molecule has 264 valence electrons. The highest BCUT2D eigenvalue weighted by molar-refractivity contribution is 7.09. The number of hydrogen-bond donors (Lipinski definition) is 2. The molecular weight excluding hydrogens is 630 g/mol. The van der Waals surface area contributed by atoms with Crippen molar-refractivity contribution in [3.8, 4) is 5.75 Å². The molecule has 0 aliphatic carbocycles. The summed E-state index contributed by atoms with van der Waals surface area (Å²) in [5.74, 6) is -0.522. The number of likely N-dealkylation sites (tertiary alicyclic amines) is 1. The van der Waals surface area contributed by atoms with Gasteiger partial charge in [0.1, 0.15) is 22.8 Å². The molecule has 1 fully saturated rings. The van der Waals surface area contributed by atoms with Gasteiger partial charge in [-0.2, -0.15) is 0 Å². The lowest BCUT2D eigenvalue weighted by Crippen LogP contribution is -2.59. The lowest BCUT2D eigenvalue weighted by Gasteiger charge is -2.40. The predicted octanol–water partition coefficient (Wildman–Crippen LogP) is 4.58. The van der Waals surface area contributed by atoms with Gasteiger partial charge in [-0.3, -0.25) is 24.5 Å². The third kappa shape index (κ3) is 10.1. The number of phenolic OH excluding ortho intramolecular Hbond substituents is 1. The zero-order valence-electron chi connectivity index (χ0n) is 29.6. The highest BCUT2D eigenvalue weighted by Crippen LogP contribution is 2.35. The van der Waals surface area contributed by atoms with Crippen molar-refractivity contribution in [1.29, 1.82) is 0 Å². The molecule has 1 aromatic carbocycles. The molecule has 1 saturated heterocycles. The highest BCUT2D eigenvalue weighted by Gasteiger charge is 2.42. The van der Waals surface area contributed by atoms with E-state index in [9.17, 15) is 24.3 Å². The number of thiazole rings is 1. The van der Waals surface area contributed by atoms with E-state index in [0.29, 0.717) is 25.1 Å². The Balaban J connectivity index is 1.90. The molecule has 0 spiro atoms. The maximum Gasteiger partial charge on any atom is 0.246 e. The van der Waals surface area contributed by atoms with Crippen LogP contribution < -0.4 is 5.32 Å². The summed E-state index contributed by atoms with van der Waals surface area (Å²) < 4.78 is 5.10. The Morgan fingerprint density at radius 1 is 1.12 bits per heavy atom. The minimum absolute atomic E-state index is 0.0699. The fourth-order valence-corrected chi connectivity index (χ4v) is 6.97. The summed E-state index contributed by atoms with van der Waals surface area (Å²) >= 11 is 1.54. The van der Waals surface area contributed by atoms with Crippen molar-refractivity contribution < 1.29 is 29.0 Å². The minimum Gasteiger partial charge on any atom is -0.508 e. The maximum absolute atomic E-state index is 14.5. The van der Waals surface area contributed by atoms with Crippen LogP contribution in [0.5, 0.6) is 5.75 Å². The van der Waals surface area contributed by atoms with Crippen LogP contribution in [0.4, 0.5) is 0 Å². The number of methoxy groups -OCH3 is 1. The molecule has 5 atom stereocenters. The van der Waals surface area contributed by atoms with Crippen molar-refractivity contribution in [2.45, 2.75) is 90.9 Å². The monoisotopic (exact) mass is 683 g/mol. The molecule has 3 rings (SSSR count). The van der Waals surface area contributed by atoms with Crippen LogP contribution in [-0.4, -0.2) is 101 Å². The molecule has 0 bridgehead atoms. The van der Waals surface area contributed by atoms with Crippen LogP contribution in [0, 0.1) is 11.8 Å². The number of hydrogen-bond acceptors (Lipinski definition) is 9. The highest BCUT2D eigenvalue weighted by atomic mass is 32.1. The number of likely N-dealkylation sites (N-methyl/N-ethyl adjacent to an activating group) is 2. The predicted molar refractivity (Wildman–Crippen MR) is 187 cm³/mol. The van der Waals surface area contributed by atoms with Crippen molar-refractivity contribution in [3.63, 3.8) is 0 Å². The fraction of sp³-hybridized carbons (Fsp3) is 0.583. The average Bonchev–Trinajstić information content (AvgIpc) is 3.78. The average molecular weight is 684 g/mol. The first-order valence-electron chi connectivity index (χ1n) is 16.8. The van der Waals surface area contributed by atoms with E-state index < -0.39 is 18.1 Å². The number of amides is 3. The van der Waals surface area contributed by atoms with Gasteiger partial charge in [0, 0.05) is 38.3 Å². The lowest BCUT2D eigenvalue weighted by atomic mass is 9.94. The lowest BCUT2D eigenvalue weighted by molar-refractivity contribution is -0.153. The Bertz CT molecular complexity index is 1400. The SMILES string of the molecule is CC[C@H](C)[C@@H](C(=O)N1CCC[C@H]1c1nccs1)N(C)C(=O)[C@H](CC(C)C)N(C)C(=O)[C@H](Cc1ccc(O)cc1)NCC(=O)/C=C(\C)OC. The second-order valence-electron chi connectivity index (χ2n) is 13.2. The Hall–Kier alpha value is -3.77. The number of carbonyl (C=O) groups excluding carboxylic acids is 4. The van der Waals surface area contributed by atoms with E-state index >= 15 is 0 Å². The van der Waals surface area contributed by atoms with Gasteiger partial charge in [-0.15, -0.1) is 11.3 Å². The zero-order chi connectivity index (χ0) is 35.5. The number of rotatable bonds is 17. The van der Waals surface area contributed by atoms with Gasteiger partial charge in [-0.25, -0.2) is 4.98 Å². The number of allylic oxidation sites excluding steroid dienone is 1. The van der Waals surface area contributed by atoms with Crippen molar-refractivity contribution in [1.82, 2.24) is 25.0 Å². The second-order valence-corrected chi connectivity index (χ2v) is 14.1. The van der Waals surface area contributed by atoms with E-state index in [4.69, 9.17) is 4.74 Å². The molecule has 2 N–H and O–H groups in total. The first-order chi connectivity index (χ1) is 22.8. The number of benzene rings is 1. The van der Waals surface area contributed by atoms with Crippen LogP contribution in [0.1, 0.15) is 76.9 Å². The standard InChI is InChI=1S/C36H53N5O6S/c1-9-24(4)32(36(46)41-17-10-11-30(41)33-37-16-18-48-33)40(7)35(45)31(19-23(2)3)39(6)34(44)29(21-26-12-14-27(42)15-13-26)38-22-28(43)20-25(5)47-8/h12-16,18,20,23-24,29-32,38,42H,9-11,17,19,21-22H2,1-8H3/b25-20+/t24-,29-,30-,31-,32-/m0/s1. The molecule has 0 unspecified atom stereocenters. The summed E-state index contributed by atoms with van der Waals surface area (Å²) in [6, 6.07) is 4.02. The quantitative estimate of drug-likeness (QED) is 0.183. The molecule has 1 aromatic heterocycles. The van der Waals surface area contributed by atoms with Gasteiger partial charge < -0.3 is 24.5 Å². The number of phenols is 1. The van der Waals surface area contributed by atoms with Gasteiger partial charge in [-0.05, 0) is 62.1 Å². The topological polar surface area (TPSA) is 132 Å². The Labute approximate surface area is 289 Å². The summed E-state index contributed by atoms with van der Waals surface area (Å²) in [7, 11) is 4.76. The molecule has 3 amide bonds. The molecule has 1 aliphatic rings. The van der Waals surface area contributed by atoms with Crippen LogP contribution in [0.3, 0.4) is 0 Å². The number of aromatic hydroxyl groups is 1. The van der Waals surface area contributed by atoms with Crippen LogP contribution >= 0.6 is 11.3 Å². The summed E-state index contributed by atoms with van der Waals surface area (Å²) in [6.07, 6.45) is 6.12. The second kappa shape index (κ2) is 18.1. The van der Waals surface area contributed by atoms with Gasteiger partial charge in [0.05, 0.1) is 31.5 Å². The molecule has 0 radical (unpaired) electrons. The third-order valence-electron chi connectivity index (χ3n) is 9.15. The van der Waals surface area contributed by atoms with Crippen LogP contribution in [-0.2, 0) is 30.3 Å². The summed E-state index contributed by atoms with van der Waals surface area (Å²) in [5.41, 5.74) is 0.773. The van der Waals surface area contributed by atoms with Gasteiger partial charge >= 0.3 is 0 Å². The first kappa shape index (κ1) is 38.7. The van der Waals surface area contributed by atoms with Crippen molar-refractivity contribution in [3.05, 3.63) is 58.2 Å². The Morgan fingerprint density at radius 3 is 2.40 bits per heavy atom. The number of carbonyl (C=O) groups is 4. The number of nitrogens with one attached hydrogen (secondary N) is 1. The number of ketones is 1. The van der Waals surface area contributed by atoms with Crippen LogP contribution in [0.25, 0.3) is 0 Å². The normalized spacial score (nSPS) is 17.5. The third-order valence-corrected chi connectivity index (χ3v) is 10.0. The largest absolute Gasteiger partial charge is 0.508 e. The van der Waals surface area contributed by atoms with Crippen molar-refractivity contribution in [2.24, 2.45) is 11.8 Å². The van der Waals surface area contributed by atoms with Gasteiger partial charge in [0.2, 0.25) is 17.7 Å². The van der Waals surface area contributed by atoms with E-state index in [1.54, 1.807) is 56.4 Å². The molecule has 11 nitrogen and oxygen atoms in total. The number of nitrogens with zero attached hydrogens (tertiary/aromatic N) is 4. The zero-order valence-corrected chi connectivity index (χ0v) is 30.5. The van der Waals surface area contributed by atoms with Crippen LogP contribution in [0.15, 0.2) is 47.7 Å². The maximum atomic E-state index is 14.5. The fourth-order valence-electron chi connectivity index (χ4n) is 6.19. The van der Waals surface area contributed by atoms with Crippen molar-refractivity contribution >= 4 is 34.8 Å². The molecule has 1 aliphatic heterocycles. The molecule has 48 heavy (non-hydrogen) atoms. The summed E-state index contributed by atoms with van der Waals surface area (Å²) in [6.45, 7) is 10.1. The molecular formula is C36H53N5O6S. The number of aromatic nitrogens is 1. The van der Waals surface area contributed by atoms with E-state index in [-0.39, 0.29) is 60.1 Å². The van der Waals surface area contributed by atoms with E-state index in [0.717, 1.165) is 23.4 Å². The van der Waals surface area contributed by atoms with E-state index in [2.05, 4.69) is 10.3 Å². The Kier molecular flexibility index (Phi) is 14.6. The first-order valence-corrected chi connectivity index (χ1v) is 17.7. The molecule has 12 heteroatoms. The van der Waals surface area contributed by atoms with Gasteiger partial charge in [-0.1, -0.05) is 46.2 Å². The Morgan fingerprint density at radius 2 is 1.81 bits per heavy atom. The number of ether oxygens (including phenoxy) is 1. The van der Waals surface area contributed by atoms with E-state index in [1.165, 1.54) is 29.4 Å². The van der Waals surface area contributed by atoms with Gasteiger partial charge in [0.25, 0.3) is 0 Å². The molecule has 0 saturated carbocycles.